The van der Waals surface area contributed by atoms with Gasteiger partial charge in [-0.15, -0.1) is 0 Å². The number of methoxy groups -OCH3 is 1. The van der Waals surface area contributed by atoms with E-state index in [1.165, 1.54) is 12.8 Å². The van der Waals surface area contributed by atoms with Crippen LogP contribution >= 0.6 is 0 Å². The molecule has 1 aromatic rings. The lowest BCUT2D eigenvalue weighted by Gasteiger charge is -2.11. The Kier molecular flexibility index (Phi) is 3.84. The number of hydrogen-bond donors (Lipinski definition) is 2. The van der Waals surface area contributed by atoms with Gasteiger partial charge in [-0.3, -0.25) is 0 Å². The van der Waals surface area contributed by atoms with Crippen molar-refractivity contribution in [1.29, 1.82) is 0 Å². The molecule has 0 atom stereocenters. The number of rotatable bonds is 7. The molecule has 0 radical (unpaired) electrons. The zero-order chi connectivity index (χ0) is 13.0. The summed E-state index contributed by atoms with van der Waals surface area (Å²) in [6.45, 7) is 6.09. The zero-order valence-corrected chi connectivity index (χ0v) is 11.3. The average molecular weight is 251 g/mol. The molecule has 1 aliphatic rings. The first-order valence-corrected chi connectivity index (χ1v) is 6.43. The average Bonchev–Trinajstić information content (AvgIpc) is 3.12. The minimum Gasteiger partial charge on any atom is -0.467 e. The third-order valence-electron chi connectivity index (χ3n) is 3.11. The molecule has 1 saturated carbocycles. The van der Waals surface area contributed by atoms with Gasteiger partial charge in [-0.05, 0) is 24.7 Å². The maximum absolute atomic E-state index is 5.08. The van der Waals surface area contributed by atoms with Gasteiger partial charge in [0.25, 0.3) is 0 Å². The Bertz CT molecular complexity index is 405. The second-order valence-electron chi connectivity index (χ2n) is 5.06. The lowest BCUT2D eigenvalue weighted by Crippen LogP contribution is -2.15. The molecule has 0 unspecified atom stereocenters. The van der Waals surface area contributed by atoms with Crippen LogP contribution in [0.3, 0.4) is 0 Å². The van der Waals surface area contributed by atoms with Gasteiger partial charge in [-0.1, -0.05) is 13.8 Å². The van der Waals surface area contributed by atoms with Gasteiger partial charge < -0.3 is 15.4 Å². The standard InChI is InChI=1S/C12H21N5O/c1-4-7-13-9-15-10(17-11(16-9)18-3)14-8-12(2)5-6-12/h4-8H2,1-3H3,(H2,13,14,15,16,17). The van der Waals surface area contributed by atoms with Crippen molar-refractivity contribution in [2.75, 3.05) is 30.8 Å². The molecule has 100 valence electrons. The molecule has 0 spiro atoms. The van der Waals surface area contributed by atoms with Crippen LogP contribution in [0.15, 0.2) is 0 Å². The molecule has 1 heterocycles. The highest BCUT2D eigenvalue weighted by molar-refractivity contribution is 5.36. The van der Waals surface area contributed by atoms with Crippen LogP contribution in [-0.2, 0) is 0 Å². The Hall–Kier alpha value is -1.59. The van der Waals surface area contributed by atoms with Gasteiger partial charge in [0.2, 0.25) is 11.9 Å². The highest BCUT2D eigenvalue weighted by Gasteiger charge is 2.37. The summed E-state index contributed by atoms with van der Waals surface area (Å²) in [5, 5.41) is 6.40. The molecular formula is C12H21N5O. The summed E-state index contributed by atoms with van der Waals surface area (Å²) in [7, 11) is 1.56. The minimum absolute atomic E-state index is 0.340. The first-order valence-electron chi connectivity index (χ1n) is 6.43. The first kappa shape index (κ1) is 12.9. The monoisotopic (exact) mass is 251 g/mol. The maximum atomic E-state index is 5.08. The van der Waals surface area contributed by atoms with E-state index in [9.17, 15) is 0 Å². The van der Waals surface area contributed by atoms with Crippen LogP contribution in [0.5, 0.6) is 6.01 Å². The van der Waals surface area contributed by atoms with E-state index in [0.29, 0.717) is 23.3 Å². The fourth-order valence-electron chi connectivity index (χ4n) is 1.53. The maximum Gasteiger partial charge on any atom is 0.322 e. The van der Waals surface area contributed by atoms with Crippen LogP contribution in [0.25, 0.3) is 0 Å². The van der Waals surface area contributed by atoms with E-state index in [1.54, 1.807) is 7.11 Å². The molecule has 18 heavy (non-hydrogen) atoms. The molecule has 2 rings (SSSR count). The summed E-state index contributed by atoms with van der Waals surface area (Å²) in [5.74, 6) is 1.14. The summed E-state index contributed by atoms with van der Waals surface area (Å²) in [5.41, 5.74) is 0.414. The van der Waals surface area contributed by atoms with E-state index in [-0.39, 0.29) is 0 Å². The lowest BCUT2D eigenvalue weighted by atomic mass is 10.1. The van der Waals surface area contributed by atoms with Crippen molar-refractivity contribution in [1.82, 2.24) is 15.0 Å². The van der Waals surface area contributed by atoms with Gasteiger partial charge in [0.1, 0.15) is 0 Å². The molecule has 0 saturated heterocycles. The second kappa shape index (κ2) is 5.37. The molecular weight excluding hydrogens is 230 g/mol. The summed E-state index contributed by atoms with van der Waals surface area (Å²) in [4.78, 5) is 12.7. The highest BCUT2D eigenvalue weighted by Crippen LogP contribution is 2.44. The van der Waals surface area contributed by atoms with Crippen molar-refractivity contribution >= 4 is 11.9 Å². The third kappa shape index (κ3) is 3.45. The quantitative estimate of drug-likeness (QED) is 0.771. The topological polar surface area (TPSA) is 72.0 Å². The Morgan fingerprint density at radius 3 is 2.39 bits per heavy atom. The predicted octanol–water partition coefficient (Wildman–Crippen LogP) is 1.91. The first-order chi connectivity index (χ1) is 8.65. The Labute approximate surface area is 108 Å². The molecule has 1 fully saturated rings. The molecule has 0 amide bonds. The number of nitrogens with zero attached hydrogens (tertiary/aromatic N) is 3. The molecule has 6 heteroatoms. The molecule has 1 aliphatic carbocycles. The number of aromatic nitrogens is 3. The van der Waals surface area contributed by atoms with Gasteiger partial charge in [0.15, 0.2) is 0 Å². The molecule has 0 bridgehead atoms. The van der Waals surface area contributed by atoms with Gasteiger partial charge >= 0.3 is 6.01 Å². The minimum atomic E-state index is 0.340. The molecule has 6 nitrogen and oxygen atoms in total. The van der Waals surface area contributed by atoms with Crippen molar-refractivity contribution in [2.45, 2.75) is 33.1 Å². The van der Waals surface area contributed by atoms with Crippen LogP contribution < -0.4 is 15.4 Å². The predicted molar refractivity (Wildman–Crippen MR) is 71.0 cm³/mol. The van der Waals surface area contributed by atoms with Gasteiger partial charge in [0, 0.05) is 13.1 Å². The van der Waals surface area contributed by atoms with E-state index in [4.69, 9.17) is 4.74 Å². The van der Waals surface area contributed by atoms with Crippen LogP contribution in [0.2, 0.25) is 0 Å². The third-order valence-corrected chi connectivity index (χ3v) is 3.11. The molecule has 0 aromatic carbocycles. The molecule has 2 N–H and O–H groups in total. The van der Waals surface area contributed by atoms with E-state index in [1.807, 2.05) is 0 Å². The zero-order valence-electron chi connectivity index (χ0n) is 11.3. The fraction of sp³-hybridized carbons (Fsp3) is 0.750. The normalized spacial score (nSPS) is 16.2. The lowest BCUT2D eigenvalue weighted by molar-refractivity contribution is 0.379. The number of ether oxygens (including phenoxy) is 1. The Morgan fingerprint density at radius 1 is 1.17 bits per heavy atom. The molecule has 0 aliphatic heterocycles. The van der Waals surface area contributed by atoms with Crippen LogP contribution in [0, 0.1) is 5.41 Å². The molecule has 1 aromatic heterocycles. The summed E-state index contributed by atoms with van der Waals surface area (Å²) >= 11 is 0. The van der Waals surface area contributed by atoms with Gasteiger partial charge in [-0.2, -0.15) is 15.0 Å². The van der Waals surface area contributed by atoms with Crippen LogP contribution in [-0.4, -0.2) is 35.2 Å². The summed E-state index contributed by atoms with van der Waals surface area (Å²) in [6.07, 6.45) is 3.56. The van der Waals surface area contributed by atoms with Crippen molar-refractivity contribution < 1.29 is 4.74 Å². The summed E-state index contributed by atoms with van der Waals surface area (Å²) < 4.78 is 5.08. The number of anilines is 2. The van der Waals surface area contributed by atoms with Gasteiger partial charge in [0.05, 0.1) is 7.11 Å². The van der Waals surface area contributed by atoms with Gasteiger partial charge in [-0.25, -0.2) is 0 Å². The highest BCUT2D eigenvalue weighted by atomic mass is 16.5. The van der Waals surface area contributed by atoms with E-state index >= 15 is 0 Å². The van der Waals surface area contributed by atoms with Crippen LogP contribution in [0.4, 0.5) is 11.9 Å². The smallest absolute Gasteiger partial charge is 0.322 e. The largest absolute Gasteiger partial charge is 0.467 e. The Balaban J connectivity index is 2.02. The van der Waals surface area contributed by atoms with Crippen LogP contribution in [0.1, 0.15) is 33.1 Å². The van der Waals surface area contributed by atoms with Crippen molar-refractivity contribution in [2.24, 2.45) is 5.41 Å². The SMILES string of the molecule is CCCNc1nc(NCC2(C)CC2)nc(OC)n1. The Morgan fingerprint density at radius 2 is 1.83 bits per heavy atom. The van der Waals surface area contributed by atoms with E-state index in [0.717, 1.165) is 19.5 Å². The summed E-state index contributed by atoms with van der Waals surface area (Å²) in [6, 6.07) is 0.340. The fourth-order valence-corrected chi connectivity index (χ4v) is 1.53. The second-order valence-corrected chi connectivity index (χ2v) is 5.06. The number of nitrogens with one attached hydrogen (secondary N) is 2. The van der Waals surface area contributed by atoms with E-state index in [2.05, 4.69) is 39.4 Å². The number of hydrogen-bond acceptors (Lipinski definition) is 6. The van der Waals surface area contributed by atoms with E-state index < -0.39 is 0 Å². The van der Waals surface area contributed by atoms with Crippen molar-refractivity contribution in [3.63, 3.8) is 0 Å². The van der Waals surface area contributed by atoms with Crippen molar-refractivity contribution in [3.05, 3.63) is 0 Å². The van der Waals surface area contributed by atoms with Crippen molar-refractivity contribution in [3.8, 4) is 6.01 Å².